The van der Waals surface area contributed by atoms with Gasteiger partial charge in [-0.2, -0.15) is 0 Å². The number of piperidine rings is 1. The van der Waals surface area contributed by atoms with E-state index < -0.39 is 5.69 Å². The van der Waals surface area contributed by atoms with Crippen LogP contribution >= 0.6 is 11.6 Å². The molecule has 0 unspecified atom stereocenters. The van der Waals surface area contributed by atoms with Gasteiger partial charge in [-0.3, -0.25) is 9.36 Å². The molecule has 0 aliphatic carbocycles. The summed E-state index contributed by atoms with van der Waals surface area (Å²) in [6, 6.07) is 9.01. The topological polar surface area (TPSA) is 64.4 Å². The highest BCUT2D eigenvalue weighted by molar-refractivity contribution is 6.32. The quantitative estimate of drug-likeness (QED) is 0.848. The number of carbonyl (C=O) groups is 1. The van der Waals surface area contributed by atoms with Crippen molar-refractivity contribution in [1.29, 1.82) is 0 Å². The van der Waals surface area contributed by atoms with Gasteiger partial charge in [0.2, 0.25) is 5.91 Å². The molecule has 2 heterocycles. The van der Waals surface area contributed by atoms with Gasteiger partial charge < -0.3 is 9.64 Å². The Labute approximate surface area is 144 Å². The Morgan fingerprint density at radius 1 is 1.25 bits per heavy atom. The highest BCUT2D eigenvalue weighted by atomic mass is 35.5. The van der Waals surface area contributed by atoms with Gasteiger partial charge in [-0.05, 0) is 18.2 Å². The molecule has 0 N–H and O–H groups in total. The van der Waals surface area contributed by atoms with Gasteiger partial charge in [0.1, 0.15) is 18.4 Å². The molecule has 1 aromatic carbocycles. The average molecular weight is 348 g/mol. The molecule has 0 bridgehead atoms. The van der Waals surface area contributed by atoms with Crippen molar-refractivity contribution in [3.8, 4) is 5.75 Å². The predicted molar refractivity (Wildman–Crippen MR) is 90.2 cm³/mol. The summed E-state index contributed by atoms with van der Waals surface area (Å²) >= 11 is 6.10. The lowest BCUT2D eigenvalue weighted by molar-refractivity contribution is -0.133. The number of hydrogen-bond donors (Lipinski definition) is 0. The largest absolute Gasteiger partial charge is 0.489 e. The van der Waals surface area contributed by atoms with Crippen LogP contribution in [0.4, 0.5) is 0 Å². The van der Waals surface area contributed by atoms with Crippen molar-refractivity contribution in [2.75, 3.05) is 13.1 Å². The molecular formula is C17H18ClN3O3. The zero-order chi connectivity index (χ0) is 16.9. The molecule has 2 aromatic rings. The van der Waals surface area contributed by atoms with Crippen molar-refractivity contribution >= 4 is 17.5 Å². The molecule has 0 spiro atoms. The van der Waals surface area contributed by atoms with Crippen LogP contribution in [0.5, 0.6) is 5.75 Å². The fourth-order valence-corrected chi connectivity index (χ4v) is 2.88. The number of halogens is 1. The fraction of sp³-hybridized carbons (Fsp3) is 0.353. The van der Waals surface area contributed by atoms with Gasteiger partial charge in [0.05, 0.1) is 5.02 Å². The Hall–Kier alpha value is -2.34. The smallest absolute Gasteiger partial charge is 0.347 e. The molecule has 1 amide bonds. The molecule has 3 rings (SSSR count). The van der Waals surface area contributed by atoms with Crippen LogP contribution < -0.4 is 10.4 Å². The molecule has 1 aromatic heterocycles. The van der Waals surface area contributed by atoms with Gasteiger partial charge in [0, 0.05) is 38.3 Å². The number of amides is 1. The summed E-state index contributed by atoms with van der Waals surface area (Å²) in [5, 5.41) is 0.590. The molecule has 6 nitrogen and oxygen atoms in total. The van der Waals surface area contributed by atoms with Gasteiger partial charge in [-0.15, -0.1) is 0 Å². The van der Waals surface area contributed by atoms with Crippen LogP contribution in [0.1, 0.15) is 12.8 Å². The van der Waals surface area contributed by atoms with E-state index in [1.54, 1.807) is 23.2 Å². The monoisotopic (exact) mass is 347 g/mol. The molecule has 1 aliphatic heterocycles. The van der Waals surface area contributed by atoms with Gasteiger partial charge >= 0.3 is 5.69 Å². The van der Waals surface area contributed by atoms with Crippen LogP contribution in [0, 0.1) is 0 Å². The molecular weight excluding hydrogens is 330 g/mol. The van der Waals surface area contributed by atoms with E-state index >= 15 is 0 Å². The number of rotatable bonds is 4. The summed E-state index contributed by atoms with van der Waals surface area (Å²) in [6.45, 7) is 1.22. The van der Waals surface area contributed by atoms with Crippen LogP contribution in [-0.2, 0) is 11.3 Å². The lowest BCUT2D eigenvalue weighted by atomic mass is 10.1. The lowest BCUT2D eigenvalue weighted by Crippen LogP contribution is -2.44. The van der Waals surface area contributed by atoms with E-state index in [1.807, 2.05) is 18.2 Å². The number of likely N-dealkylation sites (tertiary alicyclic amines) is 1. The van der Waals surface area contributed by atoms with Crippen molar-refractivity contribution in [3.05, 3.63) is 58.2 Å². The highest BCUT2D eigenvalue weighted by Gasteiger charge is 2.24. The highest BCUT2D eigenvalue weighted by Crippen LogP contribution is 2.26. The second-order valence-corrected chi connectivity index (χ2v) is 6.07. The summed E-state index contributed by atoms with van der Waals surface area (Å²) in [7, 11) is 0. The fourth-order valence-electron chi connectivity index (χ4n) is 2.70. The van der Waals surface area contributed by atoms with Crippen LogP contribution in [-0.4, -0.2) is 39.6 Å². The van der Waals surface area contributed by atoms with E-state index in [4.69, 9.17) is 16.3 Å². The molecule has 1 aliphatic rings. The predicted octanol–water partition coefficient (Wildman–Crippen LogP) is 1.97. The van der Waals surface area contributed by atoms with Gasteiger partial charge in [-0.25, -0.2) is 9.78 Å². The van der Waals surface area contributed by atoms with Gasteiger partial charge in [0.15, 0.2) is 0 Å². The Morgan fingerprint density at radius 3 is 2.71 bits per heavy atom. The minimum absolute atomic E-state index is 0.0166. The maximum atomic E-state index is 12.3. The summed E-state index contributed by atoms with van der Waals surface area (Å²) in [5.41, 5.74) is -0.414. The number of aromatic nitrogens is 2. The van der Waals surface area contributed by atoms with Crippen LogP contribution in [0.3, 0.4) is 0 Å². The van der Waals surface area contributed by atoms with Gasteiger partial charge in [-0.1, -0.05) is 23.7 Å². The number of ether oxygens (including phenoxy) is 1. The minimum atomic E-state index is -0.414. The summed E-state index contributed by atoms with van der Waals surface area (Å²) in [4.78, 5) is 29.3. The molecule has 0 radical (unpaired) electrons. The first-order valence-corrected chi connectivity index (χ1v) is 8.21. The first-order valence-electron chi connectivity index (χ1n) is 7.84. The maximum absolute atomic E-state index is 12.3. The summed E-state index contributed by atoms with van der Waals surface area (Å²) in [6.07, 6.45) is 4.49. The molecule has 0 saturated carbocycles. The molecule has 126 valence electrons. The van der Waals surface area contributed by atoms with E-state index in [2.05, 4.69) is 4.98 Å². The molecule has 0 atom stereocenters. The van der Waals surface area contributed by atoms with Crippen molar-refractivity contribution in [2.24, 2.45) is 0 Å². The van der Waals surface area contributed by atoms with E-state index in [1.165, 1.54) is 10.8 Å². The third kappa shape index (κ3) is 3.94. The minimum Gasteiger partial charge on any atom is -0.489 e. The van der Waals surface area contributed by atoms with Crippen LogP contribution in [0.25, 0.3) is 0 Å². The standard InChI is InChI=1S/C17H18ClN3O3/c18-14-4-1-2-5-15(14)24-13-6-10-20(11-7-13)16(22)12-21-9-3-8-19-17(21)23/h1-5,8-9,13H,6-7,10-12H2. The number of benzene rings is 1. The second kappa shape index (κ2) is 7.49. The van der Waals surface area contributed by atoms with E-state index in [0.717, 1.165) is 12.8 Å². The first kappa shape index (κ1) is 16.5. The van der Waals surface area contributed by atoms with Crippen molar-refractivity contribution < 1.29 is 9.53 Å². The Morgan fingerprint density at radius 2 is 2.00 bits per heavy atom. The van der Waals surface area contributed by atoms with Crippen LogP contribution in [0.15, 0.2) is 47.5 Å². The number of hydrogen-bond acceptors (Lipinski definition) is 4. The zero-order valence-electron chi connectivity index (χ0n) is 13.1. The van der Waals surface area contributed by atoms with Crippen molar-refractivity contribution in [1.82, 2.24) is 14.5 Å². The zero-order valence-corrected chi connectivity index (χ0v) is 13.9. The normalized spacial score (nSPS) is 15.3. The molecule has 1 saturated heterocycles. The molecule has 7 heteroatoms. The summed E-state index contributed by atoms with van der Waals surface area (Å²) < 4.78 is 7.23. The van der Waals surface area contributed by atoms with E-state index in [0.29, 0.717) is 23.9 Å². The Bertz CT molecular complexity index is 769. The Balaban J connectivity index is 1.53. The number of para-hydroxylation sites is 1. The second-order valence-electron chi connectivity index (χ2n) is 5.66. The lowest BCUT2D eigenvalue weighted by Gasteiger charge is -2.32. The van der Waals surface area contributed by atoms with Crippen molar-refractivity contribution in [3.63, 3.8) is 0 Å². The third-order valence-corrected chi connectivity index (χ3v) is 4.33. The van der Waals surface area contributed by atoms with Crippen molar-refractivity contribution in [2.45, 2.75) is 25.5 Å². The number of carbonyl (C=O) groups excluding carboxylic acids is 1. The third-order valence-electron chi connectivity index (χ3n) is 4.01. The summed E-state index contributed by atoms with van der Waals surface area (Å²) in [5.74, 6) is 0.590. The van der Waals surface area contributed by atoms with Gasteiger partial charge in [0.25, 0.3) is 0 Å². The van der Waals surface area contributed by atoms with E-state index in [9.17, 15) is 9.59 Å². The average Bonchev–Trinajstić information content (AvgIpc) is 2.59. The molecule has 24 heavy (non-hydrogen) atoms. The first-order chi connectivity index (χ1) is 11.6. The maximum Gasteiger partial charge on any atom is 0.347 e. The Kier molecular flexibility index (Phi) is 5.15. The van der Waals surface area contributed by atoms with E-state index in [-0.39, 0.29) is 18.6 Å². The van der Waals surface area contributed by atoms with Crippen LogP contribution in [0.2, 0.25) is 5.02 Å². The SMILES string of the molecule is O=C(Cn1cccnc1=O)N1CCC(Oc2ccccc2Cl)CC1. The number of nitrogens with zero attached hydrogens (tertiary/aromatic N) is 3. The molecule has 1 fully saturated rings.